The Labute approximate surface area is 121 Å². The zero-order valence-corrected chi connectivity index (χ0v) is 12.4. The second-order valence-corrected chi connectivity index (χ2v) is 5.59. The van der Waals surface area contributed by atoms with Crippen LogP contribution >= 0.6 is 22.9 Å². The van der Waals surface area contributed by atoms with Gasteiger partial charge in [0.05, 0.1) is 12.6 Å². The number of aliphatic hydroxyl groups excluding tert-OH is 1. The Bertz CT molecular complexity index is 599. The van der Waals surface area contributed by atoms with Crippen LogP contribution in [0.4, 0.5) is 0 Å². The van der Waals surface area contributed by atoms with Gasteiger partial charge in [-0.3, -0.25) is 4.99 Å². The molecule has 1 aromatic heterocycles. The zero-order valence-electron chi connectivity index (χ0n) is 10.9. The predicted octanol–water partition coefficient (Wildman–Crippen LogP) is 2.47. The van der Waals surface area contributed by atoms with E-state index >= 15 is 0 Å². The molecule has 0 spiro atoms. The molecule has 2 aromatic rings. The van der Waals surface area contributed by atoms with Crippen LogP contribution in [0.15, 0.2) is 29.3 Å². The molecular formula is C13H16ClN3OS. The van der Waals surface area contributed by atoms with Crippen LogP contribution in [0, 0.1) is 0 Å². The highest BCUT2D eigenvalue weighted by Gasteiger charge is 2.07. The predicted molar refractivity (Wildman–Crippen MR) is 78.3 cm³/mol. The van der Waals surface area contributed by atoms with Crippen LogP contribution in [-0.2, 0) is 7.05 Å². The Balaban J connectivity index is 2.38. The molecular weight excluding hydrogens is 282 g/mol. The fourth-order valence-electron chi connectivity index (χ4n) is 1.59. The van der Waals surface area contributed by atoms with E-state index in [1.165, 1.54) is 11.3 Å². The lowest BCUT2D eigenvalue weighted by Gasteiger charge is -2.02. The quantitative estimate of drug-likeness (QED) is 0.942. The van der Waals surface area contributed by atoms with Crippen molar-refractivity contribution in [2.75, 3.05) is 6.61 Å². The summed E-state index contributed by atoms with van der Waals surface area (Å²) in [4.78, 5) is 5.31. The molecule has 19 heavy (non-hydrogen) atoms. The van der Waals surface area contributed by atoms with E-state index < -0.39 is 0 Å². The molecule has 1 aromatic carbocycles. The number of hydrogen-bond acceptors (Lipinski definition) is 4. The molecule has 102 valence electrons. The first-order chi connectivity index (χ1) is 9.13. The summed E-state index contributed by atoms with van der Waals surface area (Å²) in [6.45, 7) is 2.07. The molecule has 0 saturated heterocycles. The summed E-state index contributed by atoms with van der Waals surface area (Å²) in [5.41, 5.74) is 1.02. The molecule has 1 N–H and O–H groups in total. The molecule has 0 fully saturated rings. The van der Waals surface area contributed by atoms with Gasteiger partial charge in [-0.2, -0.15) is 5.10 Å². The van der Waals surface area contributed by atoms with Crippen molar-refractivity contribution in [3.63, 3.8) is 0 Å². The monoisotopic (exact) mass is 297 g/mol. The van der Waals surface area contributed by atoms with E-state index in [4.69, 9.17) is 11.6 Å². The van der Waals surface area contributed by atoms with Gasteiger partial charge in [0.15, 0.2) is 0 Å². The minimum Gasteiger partial charge on any atom is -0.394 e. The van der Waals surface area contributed by atoms with E-state index in [2.05, 4.69) is 10.1 Å². The summed E-state index contributed by atoms with van der Waals surface area (Å²) in [6.07, 6.45) is 0.810. The average molecular weight is 298 g/mol. The van der Waals surface area contributed by atoms with Crippen LogP contribution in [0.1, 0.15) is 13.3 Å². The summed E-state index contributed by atoms with van der Waals surface area (Å²) in [6, 6.07) is 7.50. The van der Waals surface area contributed by atoms with Crippen molar-refractivity contribution >= 4 is 22.9 Å². The van der Waals surface area contributed by atoms with Crippen LogP contribution in [0.25, 0.3) is 10.6 Å². The Kier molecular flexibility index (Phi) is 4.74. The molecule has 0 radical (unpaired) electrons. The maximum absolute atomic E-state index is 9.20. The van der Waals surface area contributed by atoms with E-state index in [0.29, 0.717) is 5.02 Å². The molecule has 0 unspecified atom stereocenters. The lowest BCUT2D eigenvalue weighted by molar-refractivity contribution is 0.261. The highest BCUT2D eigenvalue weighted by Crippen LogP contribution is 2.21. The number of hydrogen-bond donors (Lipinski definition) is 1. The molecule has 0 saturated carbocycles. The van der Waals surface area contributed by atoms with Gasteiger partial charge in [0, 0.05) is 17.6 Å². The van der Waals surface area contributed by atoms with E-state index in [0.717, 1.165) is 21.8 Å². The number of aromatic nitrogens is 2. The van der Waals surface area contributed by atoms with Gasteiger partial charge >= 0.3 is 0 Å². The molecule has 6 heteroatoms. The SMILES string of the molecule is CC[C@@H](CO)N=c1sc(-c2ccc(Cl)cc2)nn1C. The van der Waals surface area contributed by atoms with Crippen LogP contribution in [0.5, 0.6) is 0 Å². The lowest BCUT2D eigenvalue weighted by Crippen LogP contribution is -2.18. The van der Waals surface area contributed by atoms with Crippen molar-refractivity contribution in [3.8, 4) is 10.6 Å². The second-order valence-electron chi connectivity index (χ2n) is 4.19. The van der Waals surface area contributed by atoms with Crippen LogP contribution in [0.3, 0.4) is 0 Å². The van der Waals surface area contributed by atoms with Crippen molar-refractivity contribution in [3.05, 3.63) is 34.1 Å². The summed E-state index contributed by atoms with van der Waals surface area (Å²) >= 11 is 7.38. The van der Waals surface area contributed by atoms with Gasteiger partial charge < -0.3 is 5.11 Å². The number of benzene rings is 1. The smallest absolute Gasteiger partial charge is 0.203 e. The van der Waals surface area contributed by atoms with E-state index in [1.807, 2.05) is 38.2 Å². The van der Waals surface area contributed by atoms with Crippen LogP contribution < -0.4 is 4.80 Å². The third-order valence-corrected chi connectivity index (χ3v) is 4.09. The summed E-state index contributed by atoms with van der Waals surface area (Å²) in [5, 5.41) is 15.3. The van der Waals surface area contributed by atoms with Crippen molar-refractivity contribution in [1.29, 1.82) is 0 Å². The first-order valence-electron chi connectivity index (χ1n) is 6.08. The van der Waals surface area contributed by atoms with Crippen molar-refractivity contribution in [2.24, 2.45) is 12.0 Å². The fraction of sp³-hybridized carbons (Fsp3) is 0.385. The normalized spacial score (nSPS) is 13.8. The number of aryl methyl sites for hydroxylation is 1. The zero-order chi connectivity index (χ0) is 13.8. The summed E-state index contributed by atoms with van der Waals surface area (Å²) < 4.78 is 1.74. The largest absolute Gasteiger partial charge is 0.394 e. The van der Waals surface area contributed by atoms with Crippen molar-refractivity contribution < 1.29 is 5.11 Å². The highest BCUT2D eigenvalue weighted by atomic mass is 35.5. The maximum Gasteiger partial charge on any atom is 0.203 e. The molecule has 1 heterocycles. The third-order valence-electron chi connectivity index (χ3n) is 2.77. The van der Waals surface area contributed by atoms with E-state index in [9.17, 15) is 5.11 Å². The van der Waals surface area contributed by atoms with Gasteiger partial charge in [-0.15, -0.1) is 0 Å². The summed E-state index contributed by atoms with van der Waals surface area (Å²) in [5.74, 6) is 0. The van der Waals surface area contributed by atoms with Gasteiger partial charge in [-0.05, 0) is 18.6 Å². The molecule has 2 rings (SSSR count). The second kappa shape index (κ2) is 6.32. The van der Waals surface area contributed by atoms with E-state index in [-0.39, 0.29) is 12.6 Å². The number of nitrogens with zero attached hydrogens (tertiary/aromatic N) is 3. The molecule has 0 aliphatic heterocycles. The first-order valence-corrected chi connectivity index (χ1v) is 7.28. The lowest BCUT2D eigenvalue weighted by atomic mass is 10.2. The van der Waals surface area contributed by atoms with Crippen LogP contribution in [-0.4, -0.2) is 27.5 Å². The Morgan fingerprint density at radius 2 is 2.11 bits per heavy atom. The molecule has 0 aliphatic rings. The minimum absolute atomic E-state index is 0.0602. The number of aliphatic hydroxyl groups is 1. The van der Waals surface area contributed by atoms with Gasteiger partial charge in [-0.1, -0.05) is 42.0 Å². The molecule has 0 amide bonds. The third kappa shape index (κ3) is 3.43. The number of halogens is 1. The Morgan fingerprint density at radius 3 is 2.68 bits per heavy atom. The molecule has 0 bridgehead atoms. The van der Waals surface area contributed by atoms with Gasteiger partial charge in [-0.25, -0.2) is 4.68 Å². The van der Waals surface area contributed by atoms with Gasteiger partial charge in [0.2, 0.25) is 4.80 Å². The fourth-order valence-corrected chi connectivity index (χ4v) is 2.68. The molecule has 1 atom stereocenters. The topological polar surface area (TPSA) is 50.4 Å². The Morgan fingerprint density at radius 1 is 1.42 bits per heavy atom. The van der Waals surface area contributed by atoms with E-state index in [1.54, 1.807) is 4.68 Å². The molecule has 4 nitrogen and oxygen atoms in total. The average Bonchev–Trinajstić information content (AvgIpc) is 2.78. The highest BCUT2D eigenvalue weighted by molar-refractivity contribution is 7.12. The Hall–Kier alpha value is -1.17. The maximum atomic E-state index is 9.20. The van der Waals surface area contributed by atoms with Crippen LogP contribution in [0.2, 0.25) is 5.02 Å². The minimum atomic E-state index is -0.0651. The standard InChI is InChI=1S/C13H16ClN3OS/c1-3-11(8-18)15-13-17(2)16-12(19-13)9-4-6-10(14)7-5-9/h4-7,11,18H,3,8H2,1-2H3/t11-/m0/s1. The summed E-state index contributed by atoms with van der Waals surface area (Å²) in [7, 11) is 1.86. The van der Waals surface area contributed by atoms with Gasteiger partial charge in [0.1, 0.15) is 5.01 Å². The number of rotatable bonds is 4. The van der Waals surface area contributed by atoms with Crippen molar-refractivity contribution in [2.45, 2.75) is 19.4 Å². The molecule has 0 aliphatic carbocycles. The van der Waals surface area contributed by atoms with Crippen molar-refractivity contribution in [1.82, 2.24) is 9.78 Å². The first kappa shape index (κ1) is 14.2. The van der Waals surface area contributed by atoms with Gasteiger partial charge in [0.25, 0.3) is 0 Å².